The Morgan fingerprint density at radius 1 is 0.895 bits per heavy atom. The van der Waals surface area contributed by atoms with Crippen LogP contribution in [0, 0.1) is 5.92 Å². The van der Waals surface area contributed by atoms with Crippen molar-refractivity contribution in [1.82, 2.24) is 0 Å². The van der Waals surface area contributed by atoms with Crippen molar-refractivity contribution in [3.8, 4) is 0 Å². The fourth-order valence-electron chi connectivity index (χ4n) is 1.14. The average molecular weight is 341 g/mol. The van der Waals surface area contributed by atoms with E-state index < -0.39 is 34.5 Å². The van der Waals surface area contributed by atoms with Gasteiger partial charge in [-0.2, -0.15) is 0 Å². The van der Waals surface area contributed by atoms with Crippen molar-refractivity contribution >= 4 is 39.8 Å². The van der Waals surface area contributed by atoms with Gasteiger partial charge in [-0.25, -0.2) is 0 Å². The van der Waals surface area contributed by atoms with Crippen LogP contribution in [-0.2, 0) is 38.1 Å². The summed E-state index contributed by atoms with van der Waals surface area (Å²) in [6.45, 7) is 2.01. The first-order valence-corrected chi connectivity index (χ1v) is 5.71. The zero-order valence-corrected chi connectivity index (χ0v) is 12.3. The molecule has 0 fully saturated rings. The molecular formula is C10H13BrO8. The fourth-order valence-corrected chi connectivity index (χ4v) is 1.97. The third kappa shape index (κ3) is 4.86. The Labute approximate surface area is 117 Å². The first-order valence-electron chi connectivity index (χ1n) is 4.91. The van der Waals surface area contributed by atoms with Gasteiger partial charge in [-0.15, -0.1) is 0 Å². The molecule has 0 atom stereocenters. The van der Waals surface area contributed by atoms with Crippen LogP contribution in [0.4, 0.5) is 0 Å². The quantitative estimate of drug-likeness (QED) is 0.228. The first kappa shape index (κ1) is 17.4. The average Bonchev–Trinajstić information content (AvgIpc) is 2.25. The SMILES string of the molecule is COC(=O)C(C(=O)OC)C(Br)(OC(C)=O)OC(C)=O. The Balaban J connectivity index is 5.58. The number of methoxy groups -OCH3 is 2. The zero-order chi connectivity index (χ0) is 15.2. The molecule has 0 heterocycles. The smallest absolute Gasteiger partial charge is 0.338 e. The second-order valence-electron chi connectivity index (χ2n) is 3.25. The summed E-state index contributed by atoms with van der Waals surface area (Å²) in [7, 11) is 2.01. The molecule has 0 unspecified atom stereocenters. The summed E-state index contributed by atoms with van der Waals surface area (Å²) in [4.78, 5) is 45.2. The molecule has 8 nitrogen and oxygen atoms in total. The molecule has 0 N–H and O–H groups in total. The van der Waals surface area contributed by atoms with Gasteiger partial charge in [0.1, 0.15) is 0 Å². The van der Waals surface area contributed by atoms with Crippen LogP contribution in [0.1, 0.15) is 13.8 Å². The van der Waals surface area contributed by atoms with E-state index in [2.05, 4.69) is 34.9 Å². The Morgan fingerprint density at radius 2 is 1.21 bits per heavy atom. The van der Waals surface area contributed by atoms with Crippen molar-refractivity contribution in [2.75, 3.05) is 14.2 Å². The maximum atomic E-state index is 11.6. The van der Waals surface area contributed by atoms with Crippen molar-refractivity contribution < 1.29 is 38.1 Å². The van der Waals surface area contributed by atoms with Crippen LogP contribution in [0.2, 0.25) is 0 Å². The number of carbonyl (C=O) groups excluding carboxylic acids is 4. The molecule has 0 bridgehead atoms. The van der Waals surface area contributed by atoms with Crippen molar-refractivity contribution in [3.05, 3.63) is 0 Å². The van der Waals surface area contributed by atoms with Crippen molar-refractivity contribution in [2.45, 2.75) is 18.5 Å². The van der Waals surface area contributed by atoms with Gasteiger partial charge in [0, 0.05) is 29.8 Å². The number of halogens is 1. The number of alkyl halides is 1. The van der Waals surface area contributed by atoms with Crippen LogP contribution in [0.15, 0.2) is 0 Å². The minimum Gasteiger partial charge on any atom is -0.468 e. The molecule has 19 heavy (non-hydrogen) atoms. The maximum Gasteiger partial charge on any atom is 0.338 e. The number of esters is 4. The summed E-state index contributed by atoms with van der Waals surface area (Å²) < 4.78 is 15.8. The summed E-state index contributed by atoms with van der Waals surface area (Å²) >= 11 is 2.75. The highest BCUT2D eigenvalue weighted by molar-refractivity contribution is 9.10. The Bertz CT molecular complexity index is 359. The van der Waals surface area contributed by atoms with Crippen molar-refractivity contribution in [2.24, 2.45) is 5.92 Å². The van der Waals surface area contributed by atoms with E-state index in [1.165, 1.54) is 0 Å². The number of hydrogen-bond acceptors (Lipinski definition) is 8. The summed E-state index contributed by atoms with van der Waals surface area (Å²) in [6, 6.07) is 0. The van der Waals surface area contributed by atoms with Crippen molar-refractivity contribution in [1.29, 1.82) is 0 Å². The second kappa shape index (κ2) is 7.07. The van der Waals surface area contributed by atoms with Gasteiger partial charge in [-0.1, -0.05) is 0 Å². The van der Waals surface area contributed by atoms with E-state index in [1.807, 2.05) is 0 Å². The van der Waals surface area contributed by atoms with E-state index in [-0.39, 0.29) is 0 Å². The number of carbonyl (C=O) groups is 4. The van der Waals surface area contributed by atoms with E-state index in [9.17, 15) is 19.2 Å². The molecular weight excluding hydrogens is 328 g/mol. The highest BCUT2D eigenvalue weighted by Gasteiger charge is 2.54. The topological polar surface area (TPSA) is 105 Å². The van der Waals surface area contributed by atoms with Crippen LogP contribution in [0.25, 0.3) is 0 Å². The lowest BCUT2D eigenvalue weighted by Crippen LogP contribution is -2.49. The normalized spacial score (nSPS) is 10.6. The highest BCUT2D eigenvalue weighted by Crippen LogP contribution is 2.33. The van der Waals surface area contributed by atoms with Crippen LogP contribution in [-0.4, -0.2) is 42.8 Å². The molecule has 0 aromatic rings. The minimum atomic E-state index is -2.33. The predicted molar refractivity (Wildman–Crippen MR) is 62.7 cm³/mol. The second-order valence-corrected chi connectivity index (χ2v) is 4.35. The number of ether oxygens (including phenoxy) is 4. The lowest BCUT2D eigenvalue weighted by molar-refractivity contribution is -0.212. The Morgan fingerprint density at radius 3 is 1.42 bits per heavy atom. The molecule has 0 saturated heterocycles. The molecule has 0 aromatic heterocycles. The zero-order valence-electron chi connectivity index (χ0n) is 10.7. The molecule has 108 valence electrons. The van der Waals surface area contributed by atoms with Crippen LogP contribution < -0.4 is 0 Å². The molecule has 0 aliphatic carbocycles. The van der Waals surface area contributed by atoms with E-state index in [4.69, 9.17) is 0 Å². The molecule has 0 rings (SSSR count). The van der Waals surface area contributed by atoms with Gasteiger partial charge >= 0.3 is 28.6 Å². The first-order chi connectivity index (χ1) is 8.67. The lowest BCUT2D eigenvalue weighted by Gasteiger charge is -2.30. The summed E-state index contributed by atoms with van der Waals surface area (Å²) in [5, 5.41) is 0. The number of hydrogen-bond donors (Lipinski definition) is 0. The lowest BCUT2D eigenvalue weighted by atomic mass is 10.1. The summed E-state index contributed by atoms with van der Waals surface area (Å²) in [5.41, 5.74) is 0. The molecule has 0 amide bonds. The van der Waals surface area contributed by atoms with Crippen LogP contribution in [0.3, 0.4) is 0 Å². The van der Waals surface area contributed by atoms with Gasteiger partial charge in [-0.3, -0.25) is 19.2 Å². The third-order valence-electron chi connectivity index (χ3n) is 1.78. The minimum absolute atomic E-state index is 0.893. The van der Waals surface area contributed by atoms with Gasteiger partial charge in [0.15, 0.2) is 0 Å². The van der Waals surface area contributed by atoms with Crippen molar-refractivity contribution in [3.63, 3.8) is 0 Å². The Hall–Kier alpha value is -1.64. The monoisotopic (exact) mass is 340 g/mol. The van der Waals surface area contributed by atoms with E-state index >= 15 is 0 Å². The molecule has 0 aromatic carbocycles. The molecule has 0 radical (unpaired) electrons. The van der Waals surface area contributed by atoms with E-state index in [1.54, 1.807) is 0 Å². The molecule has 0 spiro atoms. The Kier molecular flexibility index (Phi) is 6.46. The highest BCUT2D eigenvalue weighted by atomic mass is 79.9. The van der Waals surface area contributed by atoms with E-state index in [0.29, 0.717) is 0 Å². The summed E-state index contributed by atoms with van der Waals surface area (Å²) in [5.74, 6) is -5.82. The van der Waals surface area contributed by atoms with E-state index in [0.717, 1.165) is 28.1 Å². The number of rotatable bonds is 5. The van der Waals surface area contributed by atoms with Gasteiger partial charge in [0.2, 0.25) is 5.92 Å². The standard InChI is InChI=1S/C10H13BrO8/c1-5(12)18-10(11,19-6(2)13)7(8(14)16-3)9(15)17-4/h7H,1-4H3. The molecule has 0 aliphatic rings. The molecule has 0 saturated carbocycles. The molecule has 0 aliphatic heterocycles. The van der Waals surface area contributed by atoms with Crippen LogP contribution >= 0.6 is 15.9 Å². The molecule has 9 heteroatoms. The predicted octanol–water partition coefficient (Wildman–Crippen LogP) is 0.123. The van der Waals surface area contributed by atoms with Gasteiger partial charge < -0.3 is 18.9 Å². The van der Waals surface area contributed by atoms with Gasteiger partial charge in [0.25, 0.3) is 0 Å². The summed E-state index contributed by atoms with van der Waals surface area (Å²) in [6.07, 6.45) is 0. The van der Waals surface area contributed by atoms with Gasteiger partial charge in [-0.05, 0) is 0 Å². The maximum absolute atomic E-state index is 11.6. The third-order valence-corrected chi connectivity index (χ3v) is 2.57. The largest absolute Gasteiger partial charge is 0.468 e. The fraction of sp³-hybridized carbons (Fsp3) is 0.600. The van der Waals surface area contributed by atoms with Gasteiger partial charge in [0.05, 0.1) is 14.2 Å². The van der Waals surface area contributed by atoms with Crippen LogP contribution in [0.5, 0.6) is 0 Å².